The Hall–Kier alpha value is -0.925. The van der Waals surface area contributed by atoms with Gasteiger partial charge in [0.1, 0.15) is 0 Å². The van der Waals surface area contributed by atoms with E-state index in [-0.39, 0.29) is 24.0 Å². The summed E-state index contributed by atoms with van der Waals surface area (Å²) in [6.45, 7) is 0.259. The van der Waals surface area contributed by atoms with Crippen molar-refractivity contribution in [3.05, 3.63) is 48.0 Å². The van der Waals surface area contributed by atoms with Crippen molar-refractivity contribution in [1.29, 1.82) is 0 Å². The summed E-state index contributed by atoms with van der Waals surface area (Å²) in [5.41, 5.74) is 1.93. The molecule has 0 radical (unpaired) electrons. The topological polar surface area (TPSA) is 95.1 Å². The van der Waals surface area contributed by atoms with Crippen molar-refractivity contribution >= 4 is 10.0 Å². The van der Waals surface area contributed by atoms with Crippen LogP contribution in [0.2, 0.25) is 3.93 Å². The maximum atomic E-state index is 12.3. The molecule has 2 aromatic rings. The van der Waals surface area contributed by atoms with Gasteiger partial charge in [-0.05, 0) is 0 Å². The van der Waals surface area contributed by atoms with Crippen LogP contribution < -0.4 is 4.72 Å². The van der Waals surface area contributed by atoms with Gasteiger partial charge in [-0.15, -0.1) is 0 Å². The minimum absolute atomic E-state index is 0.178. The number of nitrogens with one attached hydrogen (secondary N) is 2. The van der Waals surface area contributed by atoms with Gasteiger partial charge in [0.05, 0.1) is 0 Å². The van der Waals surface area contributed by atoms with E-state index >= 15 is 0 Å². The Morgan fingerprint density at radius 3 is 2.67 bits per heavy atom. The van der Waals surface area contributed by atoms with Crippen molar-refractivity contribution in [3.8, 4) is 5.75 Å². The van der Waals surface area contributed by atoms with E-state index in [1.165, 1.54) is 0 Å². The number of nitrogens with zero attached hydrogens (tertiary/aromatic N) is 1. The van der Waals surface area contributed by atoms with Gasteiger partial charge in [0.2, 0.25) is 0 Å². The Morgan fingerprint density at radius 1 is 1.29 bits per heavy atom. The first-order valence-corrected chi connectivity index (χ1v) is 13.5. The normalized spacial score (nSPS) is 13.1. The number of hydrogen-bond donors (Lipinski definition) is 3. The fraction of sp³-hybridized carbons (Fsp3) is 0.438. The van der Waals surface area contributed by atoms with Crippen molar-refractivity contribution < 1.29 is 39.6 Å². The fourth-order valence-electron chi connectivity index (χ4n) is 2.49. The monoisotopic (exact) mass is 538 g/mol. The molecule has 1 aromatic heterocycles. The first kappa shape index (κ1) is 19.4. The molecule has 3 N–H and O–H groups in total. The zero-order valence-corrected chi connectivity index (χ0v) is 19.9. The Kier molecular flexibility index (Phi) is 7.70. The number of benzene rings is 1. The van der Waals surface area contributed by atoms with E-state index in [2.05, 4.69) is 14.7 Å². The molecule has 0 bridgehead atoms. The first-order valence-electron chi connectivity index (χ1n) is 8.00. The van der Waals surface area contributed by atoms with Crippen molar-refractivity contribution in [2.75, 3.05) is 5.75 Å². The number of aromatic hydroxyl groups is 1. The number of H-pyrrole nitrogens is 1. The molecular weight excluding hydrogens is 515 g/mol. The van der Waals surface area contributed by atoms with Crippen LogP contribution in [-0.4, -0.2) is 29.2 Å². The van der Waals surface area contributed by atoms with E-state index in [1.807, 2.05) is 6.20 Å². The number of rotatable bonds is 10. The molecule has 1 heterocycles. The molecule has 0 spiro atoms. The zero-order valence-electron chi connectivity index (χ0n) is 13.6. The number of aromatic amines is 1. The van der Waals surface area contributed by atoms with Gasteiger partial charge >= 0.3 is 160 Å². The van der Waals surface area contributed by atoms with Gasteiger partial charge in [-0.1, -0.05) is 0 Å². The fourth-order valence-corrected chi connectivity index (χ4v) is 7.01. The SMILES string of the molecule is O=S(=O)(CC([CH2][Hg])CCCc1cnc[nH]1)NCc1ccc(O)cc1. The van der Waals surface area contributed by atoms with Gasteiger partial charge in [0.15, 0.2) is 0 Å². The summed E-state index contributed by atoms with van der Waals surface area (Å²) in [5.74, 6) is 0.600. The minimum atomic E-state index is -3.29. The molecular formula is C16H22HgN3O3S. The molecule has 0 saturated carbocycles. The van der Waals surface area contributed by atoms with E-state index in [0.717, 1.165) is 34.4 Å². The standard InChI is InChI=1S/C16H22N3O3S.Hg/c1-13(3-2-4-15-10-17-12-18-15)11-23(21,22)19-9-14-5-7-16(20)8-6-14;/h5-8,10,12-13,19-20H,1-4,9,11H2,(H,17,18);. The molecule has 1 aromatic carbocycles. The molecule has 0 saturated heterocycles. The Labute approximate surface area is 159 Å². The van der Waals surface area contributed by atoms with Crippen LogP contribution in [-0.2, 0) is 49.1 Å². The zero-order chi connectivity index (χ0) is 17.4. The number of phenolic OH excluding ortho intramolecular Hbond substituents is 1. The van der Waals surface area contributed by atoms with Crippen molar-refractivity contribution in [2.24, 2.45) is 5.92 Å². The average molecular weight is 537 g/mol. The van der Waals surface area contributed by atoms with Crippen LogP contribution in [0.5, 0.6) is 5.75 Å². The molecule has 8 heteroatoms. The van der Waals surface area contributed by atoms with Gasteiger partial charge in [0.25, 0.3) is 0 Å². The summed E-state index contributed by atoms with van der Waals surface area (Å²) in [5, 5.41) is 9.25. The van der Waals surface area contributed by atoms with E-state index < -0.39 is 10.0 Å². The third kappa shape index (κ3) is 6.90. The first-order chi connectivity index (χ1) is 11.5. The van der Waals surface area contributed by atoms with Crippen LogP contribution in [0.4, 0.5) is 0 Å². The molecule has 1 unspecified atom stereocenters. The number of imidazole rings is 1. The molecule has 24 heavy (non-hydrogen) atoms. The van der Waals surface area contributed by atoms with E-state index in [4.69, 9.17) is 0 Å². The Bertz CT molecular complexity index is 703. The van der Waals surface area contributed by atoms with E-state index in [9.17, 15) is 13.5 Å². The van der Waals surface area contributed by atoms with Gasteiger partial charge in [-0.2, -0.15) is 0 Å². The van der Waals surface area contributed by atoms with E-state index in [0.29, 0.717) is 26.1 Å². The molecule has 0 aliphatic rings. The second kappa shape index (κ2) is 9.53. The number of aromatic nitrogens is 2. The number of phenols is 1. The van der Waals surface area contributed by atoms with E-state index in [1.54, 1.807) is 30.6 Å². The summed E-state index contributed by atoms with van der Waals surface area (Å²) < 4.78 is 28.2. The van der Waals surface area contributed by atoms with Crippen LogP contribution in [0.15, 0.2) is 36.8 Å². The molecule has 2 rings (SSSR count). The molecule has 6 nitrogen and oxygen atoms in total. The van der Waals surface area contributed by atoms with Gasteiger partial charge in [-0.3, -0.25) is 0 Å². The van der Waals surface area contributed by atoms with Crippen LogP contribution in [0.1, 0.15) is 24.1 Å². The maximum absolute atomic E-state index is 12.3. The predicted molar refractivity (Wildman–Crippen MR) is 88.6 cm³/mol. The predicted octanol–water partition coefficient (Wildman–Crippen LogP) is 2.14. The molecule has 0 amide bonds. The summed E-state index contributed by atoms with van der Waals surface area (Å²) in [6.07, 6.45) is 6.28. The second-order valence-electron chi connectivity index (χ2n) is 5.89. The number of aryl methyl sites for hydroxylation is 1. The van der Waals surface area contributed by atoms with Gasteiger partial charge in [0, 0.05) is 0 Å². The van der Waals surface area contributed by atoms with Crippen molar-refractivity contribution in [1.82, 2.24) is 14.7 Å². The summed E-state index contributed by atoms with van der Waals surface area (Å²) >= 11 is 0.586. The van der Waals surface area contributed by atoms with Gasteiger partial charge < -0.3 is 0 Å². The summed E-state index contributed by atoms with van der Waals surface area (Å²) in [4.78, 5) is 7.06. The second-order valence-corrected chi connectivity index (χ2v) is 9.99. The Balaban J connectivity index is 1.78. The third-order valence-corrected chi connectivity index (χ3v) is 8.58. The van der Waals surface area contributed by atoms with Crippen molar-refractivity contribution in [2.45, 2.75) is 29.7 Å². The van der Waals surface area contributed by atoms with Crippen LogP contribution in [0.3, 0.4) is 0 Å². The quantitative estimate of drug-likeness (QED) is 0.406. The average Bonchev–Trinajstić information content (AvgIpc) is 3.07. The molecule has 1 atom stereocenters. The number of sulfonamides is 1. The van der Waals surface area contributed by atoms with Crippen LogP contribution >= 0.6 is 0 Å². The number of hydrogen-bond acceptors (Lipinski definition) is 4. The Morgan fingerprint density at radius 2 is 2.04 bits per heavy atom. The molecule has 0 aliphatic carbocycles. The molecule has 127 valence electrons. The summed E-state index contributed by atoms with van der Waals surface area (Å²) in [6, 6.07) is 6.55. The van der Waals surface area contributed by atoms with Crippen LogP contribution in [0.25, 0.3) is 0 Å². The molecule has 0 fully saturated rings. The van der Waals surface area contributed by atoms with Crippen molar-refractivity contribution in [3.63, 3.8) is 0 Å². The van der Waals surface area contributed by atoms with Gasteiger partial charge in [-0.25, -0.2) is 0 Å². The molecule has 0 aliphatic heterocycles. The summed E-state index contributed by atoms with van der Waals surface area (Å²) in [7, 11) is -3.29. The third-order valence-electron chi connectivity index (χ3n) is 3.91. The van der Waals surface area contributed by atoms with Crippen LogP contribution in [0, 0.1) is 5.92 Å².